The molecule has 14 heteroatoms. The Morgan fingerprint density at radius 1 is 0.875 bits per heavy atom. The maximum Gasteiger partial charge on any atom is 0.412 e. The lowest BCUT2D eigenvalue weighted by Gasteiger charge is -2.35. The van der Waals surface area contributed by atoms with Crippen LogP contribution in [-0.4, -0.2) is 98.3 Å². The zero-order valence-electron chi connectivity index (χ0n) is 33.5. The molecule has 2 fully saturated rings. The molecule has 2 aliphatic rings. The van der Waals surface area contributed by atoms with Crippen molar-refractivity contribution in [3.8, 4) is 11.1 Å². The minimum absolute atomic E-state index is 0.0349. The molecular formula is C42H59N7O7. The number of nitrogens with one attached hydrogen (secondary N) is 3. The van der Waals surface area contributed by atoms with Gasteiger partial charge in [-0.05, 0) is 95.2 Å². The molecule has 0 unspecified atom stereocenters. The number of carbonyl (C=O) groups excluding carboxylic acids is 3. The quantitative estimate of drug-likeness (QED) is 0.119. The second-order valence-electron chi connectivity index (χ2n) is 15.4. The number of hydrogen-bond acceptors (Lipinski definition) is 11. The molecule has 1 aliphatic heterocycles. The van der Waals surface area contributed by atoms with E-state index < -0.39 is 17.7 Å². The molecule has 2 heterocycles. The number of amides is 3. The van der Waals surface area contributed by atoms with Crippen molar-refractivity contribution in [3.63, 3.8) is 0 Å². The van der Waals surface area contributed by atoms with E-state index in [4.69, 9.17) is 34.6 Å². The van der Waals surface area contributed by atoms with Crippen LogP contribution in [0.15, 0.2) is 54.6 Å². The van der Waals surface area contributed by atoms with E-state index in [2.05, 4.69) is 20.9 Å². The Bertz CT molecular complexity index is 1730. The lowest BCUT2D eigenvalue weighted by Crippen LogP contribution is -2.48. The number of nitrogens with two attached hydrogens (primary N) is 1. The summed E-state index contributed by atoms with van der Waals surface area (Å²) in [6.07, 6.45) is 4.62. The summed E-state index contributed by atoms with van der Waals surface area (Å²) in [5.41, 5.74) is 8.51. The molecule has 1 saturated heterocycles. The van der Waals surface area contributed by atoms with Crippen LogP contribution in [0, 0.1) is 12.8 Å². The van der Waals surface area contributed by atoms with Gasteiger partial charge in [0.05, 0.1) is 51.4 Å². The van der Waals surface area contributed by atoms with Crippen molar-refractivity contribution >= 4 is 29.4 Å². The molecule has 1 saturated carbocycles. The van der Waals surface area contributed by atoms with E-state index in [0.29, 0.717) is 87.2 Å². The predicted octanol–water partition coefficient (Wildman–Crippen LogP) is 5.55. The van der Waals surface area contributed by atoms with Crippen molar-refractivity contribution in [3.05, 3.63) is 71.7 Å². The van der Waals surface area contributed by atoms with E-state index in [-0.39, 0.29) is 23.9 Å². The molecule has 14 nitrogen and oxygen atoms in total. The van der Waals surface area contributed by atoms with Gasteiger partial charge in [-0.15, -0.1) is 0 Å². The van der Waals surface area contributed by atoms with Crippen molar-refractivity contribution in [2.45, 2.75) is 90.4 Å². The van der Waals surface area contributed by atoms with Crippen molar-refractivity contribution in [2.75, 3.05) is 62.9 Å². The average molecular weight is 774 g/mol. The number of aromatic nitrogens is 2. The third-order valence-electron chi connectivity index (χ3n) is 9.85. The van der Waals surface area contributed by atoms with Crippen LogP contribution in [-0.2, 0) is 23.7 Å². The van der Waals surface area contributed by atoms with Gasteiger partial charge >= 0.3 is 6.09 Å². The second kappa shape index (κ2) is 20.5. The molecule has 304 valence electrons. The Hall–Kier alpha value is -4.63. The summed E-state index contributed by atoms with van der Waals surface area (Å²) in [7, 11) is 0. The highest BCUT2D eigenvalue weighted by Crippen LogP contribution is 2.42. The van der Waals surface area contributed by atoms with Crippen LogP contribution in [0.4, 0.5) is 16.3 Å². The number of benzene rings is 2. The minimum Gasteiger partial charge on any atom is -0.444 e. The number of nitrogens with zero attached hydrogens (tertiary/aromatic N) is 3. The van der Waals surface area contributed by atoms with Gasteiger partial charge in [0.25, 0.3) is 5.91 Å². The first-order valence-electron chi connectivity index (χ1n) is 19.8. The smallest absolute Gasteiger partial charge is 0.412 e. The Morgan fingerprint density at radius 3 is 2.16 bits per heavy atom. The van der Waals surface area contributed by atoms with E-state index in [1.54, 1.807) is 12.1 Å². The highest BCUT2D eigenvalue weighted by atomic mass is 16.6. The first kappa shape index (κ1) is 42.5. The van der Waals surface area contributed by atoms with Gasteiger partial charge in [0.1, 0.15) is 23.3 Å². The third-order valence-corrected chi connectivity index (χ3v) is 9.85. The zero-order chi connectivity index (χ0) is 40.1. The van der Waals surface area contributed by atoms with Crippen molar-refractivity contribution in [2.24, 2.45) is 11.7 Å². The van der Waals surface area contributed by atoms with Gasteiger partial charge in [0.2, 0.25) is 5.91 Å². The largest absolute Gasteiger partial charge is 0.444 e. The summed E-state index contributed by atoms with van der Waals surface area (Å²) in [5.74, 6) is 1.44. The standard InChI is InChI=1S/C42H59N7O7/c1-28(45-39(50)32-12-10-30(11-13-32)31-14-16-34(17-15-31)48-41(52)56-42(3,4)5)35-27-38(47-29(2)46-35)49-36-9-7-6-8-33(36)26-37(49)40(51)44-19-21-54-23-25-55-24-22-53-20-18-43/h10-17,27-28,33,36-37H,6-9,18-26,43H2,1-5H3,(H,44,51)(H,45,50)(H,48,52)/t28-,33-,36-,37-/m0/s1. The van der Waals surface area contributed by atoms with Crippen LogP contribution in [0.5, 0.6) is 0 Å². The zero-order valence-corrected chi connectivity index (χ0v) is 33.5. The van der Waals surface area contributed by atoms with E-state index in [1.165, 1.54) is 0 Å². The minimum atomic E-state index is -0.586. The molecule has 3 aromatic rings. The van der Waals surface area contributed by atoms with Gasteiger partial charge < -0.3 is 40.2 Å². The molecule has 1 aromatic heterocycles. The molecule has 5 N–H and O–H groups in total. The number of anilines is 2. The number of hydrogen-bond donors (Lipinski definition) is 4. The third kappa shape index (κ3) is 12.4. The number of ether oxygens (including phenoxy) is 4. The number of aryl methyl sites for hydroxylation is 1. The van der Waals surface area contributed by atoms with Crippen LogP contribution in [0.3, 0.4) is 0 Å². The second-order valence-corrected chi connectivity index (χ2v) is 15.4. The number of rotatable bonds is 18. The Morgan fingerprint density at radius 2 is 1.50 bits per heavy atom. The average Bonchev–Trinajstić information content (AvgIpc) is 3.56. The van der Waals surface area contributed by atoms with E-state index in [1.807, 2.05) is 77.1 Å². The highest BCUT2D eigenvalue weighted by molar-refractivity contribution is 5.95. The summed E-state index contributed by atoms with van der Waals surface area (Å²) in [6.45, 7) is 12.9. The maximum atomic E-state index is 13.7. The number of fused-ring (bicyclic) bond motifs is 1. The molecular weight excluding hydrogens is 715 g/mol. The fraction of sp³-hybridized carbons (Fsp3) is 0.548. The molecule has 0 spiro atoms. The summed E-state index contributed by atoms with van der Waals surface area (Å²) < 4.78 is 21.8. The normalized spacial score (nSPS) is 18.5. The van der Waals surface area contributed by atoms with Crippen LogP contribution < -0.4 is 26.6 Å². The molecule has 5 rings (SSSR count). The van der Waals surface area contributed by atoms with Gasteiger partial charge in [-0.1, -0.05) is 37.1 Å². The van der Waals surface area contributed by atoms with Crippen molar-refractivity contribution in [1.82, 2.24) is 20.6 Å². The predicted molar refractivity (Wildman–Crippen MR) is 216 cm³/mol. The van der Waals surface area contributed by atoms with Gasteiger partial charge in [-0.25, -0.2) is 14.8 Å². The maximum absolute atomic E-state index is 13.7. The van der Waals surface area contributed by atoms with E-state index in [0.717, 1.165) is 43.2 Å². The lowest BCUT2D eigenvalue weighted by molar-refractivity contribution is -0.122. The van der Waals surface area contributed by atoms with Gasteiger partial charge in [0.15, 0.2) is 0 Å². The molecule has 0 radical (unpaired) electrons. The Kier molecular flexibility index (Phi) is 15.6. The monoisotopic (exact) mass is 773 g/mol. The first-order valence-corrected chi connectivity index (χ1v) is 19.8. The SMILES string of the molecule is Cc1nc([C@H](C)NC(=O)c2ccc(-c3ccc(NC(=O)OC(C)(C)C)cc3)cc2)cc(N2[C@H](C(=O)NCCOCCOCCOCCN)C[C@@H]3CCCC[C@@H]32)n1. The fourth-order valence-electron chi connectivity index (χ4n) is 7.28. The molecule has 1 aliphatic carbocycles. The topological polar surface area (TPSA) is 179 Å². The van der Waals surface area contributed by atoms with Crippen LogP contribution in [0.1, 0.15) is 87.7 Å². The van der Waals surface area contributed by atoms with Gasteiger partial charge in [-0.3, -0.25) is 14.9 Å². The Balaban J connectivity index is 1.17. The molecule has 3 amide bonds. The summed E-state index contributed by atoms with van der Waals surface area (Å²) in [4.78, 5) is 51.0. The van der Waals surface area contributed by atoms with Crippen LogP contribution in [0.25, 0.3) is 11.1 Å². The Labute approximate surface area is 330 Å². The first-order chi connectivity index (χ1) is 26.9. The fourth-order valence-corrected chi connectivity index (χ4v) is 7.28. The highest BCUT2D eigenvalue weighted by Gasteiger charge is 2.46. The van der Waals surface area contributed by atoms with Crippen LogP contribution >= 0.6 is 0 Å². The lowest BCUT2D eigenvalue weighted by atomic mass is 9.84. The van der Waals surface area contributed by atoms with E-state index >= 15 is 0 Å². The van der Waals surface area contributed by atoms with Gasteiger partial charge in [-0.2, -0.15) is 0 Å². The summed E-state index contributed by atoms with van der Waals surface area (Å²) in [5, 5.41) is 8.93. The van der Waals surface area contributed by atoms with Gasteiger partial charge in [0, 0.05) is 36.4 Å². The molecule has 2 aromatic carbocycles. The van der Waals surface area contributed by atoms with E-state index in [9.17, 15) is 14.4 Å². The van der Waals surface area contributed by atoms with Crippen molar-refractivity contribution in [1.29, 1.82) is 0 Å². The van der Waals surface area contributed by atoms with Crippen LogP contribution in [0.2, 0.25) is 0 Å². The summed E-state index contributed by atoms with van der Waals surface area (Å²) in [6, 6.07) is 16.2. The molecule has 56 heavy (non-hydrogen) atoms. The summed E-state index contributed by atoms with van der Waals surface area (Å²) >= 11 is 0. The molecule has 0 bridgehead atoms. The molecule has 4 atom stereocenters. The van der Waals surface area contributed by atoms with Crippen molar-refractivity contribution < 1.29 is 33.3 Å². The number of carbonyl (C=O) groups is 3.